The minimum absolute atomic E-state index is 0.0498. The number of nitrogens with zero attached hydrogens (tertiary/aromatic N) is 2. The van der Waals surface area contributed by atoms with E-state index in [0.29, 0.717) is 13.2 Å². The molecule has 3 rings (SSSR count). The lowest BCUT2D eigenvalue weighted by atomic mass is 10.1. The van der Waals surface area contributed by atoms with Crippen molar-refractivity contribution in [2.24, 2.45) is 0 Å². The van der Waals surface area contributed by atoms with Crippen LogP contribution in [0.25, 0.3) is 0 Å². The molecule has 1 aromatic rings. The lowest BCUT2D eigenvalue weighted by Gasteiger charge is -2.37. The molecule has 21 heavy (non-hydrogen) atoms. The zero-order valence-electron chi connectivity index (χ0n) is 12.1. The van der Waals surface area contributed by atoms with Crippen LogP contribution < -0.4 is 0 Å². The zero-order valence-corrected chi connectivity index (χ0v) is 12.1. The molecule has 0 saturated carbocycles. The number of piperazine rings is 1. The summed E-state index contributed by atoms with van der Waals surface area (Å²) in [5, 5.41) is 10.3. The van der Waals surface area contributed by atoms with Crippen LogP contribution in [0.5, 0.6) is 0 Å². The van der Waals surface area contributed by atoms with E-state index in [1.807, 2.05) is 30.3 Å². The first-order chi connectivity index (χ1) is 10.2. The van der Waals surface area contributed by atoms with Crippen molar-refractivity contribution in [3.63, 3.8) is 0 Å². The summed E-state index contributed by atoms with van der Waals surface area (Å²) >= 11 is 0. The molecule has 1 N–H and O–H groups in total. The van der Waals surface area contributed by atoms with Gasteiger partial charge in [-0.25, -0.2) is 0 Å². The number of hydrogen-bond donors (Lipinski definition) is 1. The lowest BCUT2D eigenvalue weighted by molar-refractivity contribution is -0.142. The summed E-state index contributed by atoms with van der Waals surface area (Å²) < 4.78 is 5.03. The van der Waals surface area contributed by atoms with Crippen LogP contribution in [0.15, 0.2) is 30.3 Å². The Balaban J connectivity index is 1.48. The fourth-order valence-electron chi connectivity index (χ4n) is 3.10. The van der Waals surface area contributed by atoms with Crippen LogP contribution >= 0.6 is 0 Å². The van der Waals surface area contributed by atoms with E-state index >= 15 is 0 Å². The molecule has 2 heterocycles. The van der Waals surface area contributed by atoms with Crippen LogP contribution in [0.1, 0.15) is 18.1 Å². The second-order valence-electron chi connectivity index (χ2n) is 5.74. The maximum atomic E-state index is 11.6. The second-order valence-corrected chi connectivity index (χ2v) is 5.74. The molecule has 5 heteroatoms. The first kappa shape index (κ1) is 14.5. The van der Waals surface area contributed by atoms with Gasteiger partial charge in [-0.3, -0.25) is 14.6 Å². The smallest absolute Gasteiger partial charge is 0.323 e. The number of rotatable bonds is 4. The summed E-state index contributed by atoms with van der Waals surface area (Å²) in [4.78, 5) is 16.1. The molecular weight excluding hydrogens is 268 g/mol. The van der Waals surface area contributed by atoms with Gasteiger partial charge in [-0.2, -0.15) is 0 Å². The van der Waals surface area contributed by atoms with Crippen LogP contribution in [-0.4, -0.2) is 66.2 Å². The van der Waals surface area contributed by atoms with Crippen molar-refractivity contribution in [3.8, 4) is 0 Å². The van der Waals surface area contributed by atoms with Crippen molar-refractivity contribution in [3.05, 3.63) is 35.9 Å². The van der Waals surface area contributed by atoms with Crippen LogP contribution in [0.2, 0.25) is 0 Å². The van der Waals surface area contributed by atoms with Gasteiger partial charge in [0, 0.05) is 39.1 Å². The van der Waals surface area contributed by atoms with E-state index in [4.69, 9.17) is 4.74 Å². The van der Waals surface area contributed by atoms with Gasteiger partial charge in [0.25, 0.3) is 0 Å². The minimum Gasteiger partial charge on any atom is -0.464 e. The summed E-state index contributed by atoms with van der Waals surface area (Å²) in [5.41, 5.74) is 0.958. The molecule has 1 aromatic carbocycles. The monoisotopic (exact) mass is 290 g/mol. The number of cyclic esters (lactones) is 1. The lowest BCUT2D eigenvalue weighted by Crippen LogP contribution is -2.52. The molecule has 0 amide bonds. The van der Waals surface area contributed by atoms with Gasteiger partial charge in [0.1, 0.15) is 6.04 Å². The Kier molecular flexibility index (Phi) is 4.53. The molecule has 0 spiro atoms. The average molecular weight is 290 g/mol. The SMILES string of the molecule is O=C1OCCC1N1CCN(CC(O)c2ccccc2)CC1. The normalized spacial score (nSPS) is 25.8. The Hall–Kier alpha value is -1.43. The van der Waals surface area contributed by atoms with E-state index < -0.39 is 6.10 Å². The first-order valence-corrected chi connectivity index (χ1v) is 7.60. The largest absolute Gasteiger partial charge is 0.464 e. The van der Waals surface area contributed by atoms with Crippen molar-refractivity contribution in [1.29, 1.82) is 0 Å². The molecule has 2 fully saturated rings. The molecule has 5 nitrogen and oxygen atoms in total. The quantitative estimate of drug-likeness (QED) is 0.825. The van der Waals surface area contributed by atoms with Crippen LogP contribution in [0, 0.1) is 0 Å². The van der Waals surface area contributed by atoms with E-state index in [-0.39, 0.29) is 12.0 Å². The summed E-state index contributed by atoms with van der Waals surface area (Å²) in [5.74, 6) is -0.0761. The maximum Gasteiger partial charge on any atom is 0.323 e. The summed E-state index contributed by atoms with van der Waals surface area (Å²) in [7, 11) is 0. The summed E-state index contributed by atoms with van der Waals surface area (Å²) in [6.07, 6.45) is 0.361. The van der Waals surface area contributed by atoms with Gasteiger partial charge in [0.15, 0.2) is 0 Å². The zero-order chi connectivity index (χ0) is 14.7. The van der Waals surface area contributed by atoms with Crippen LogP contribution in [-0.2, 0) is 9.53 Å². The Morgan fingerprint density at radius 2 is 1.90 bits per heavy atom. The highest BCUT2D eigenvalue weighted by atomic mass is 16.5. The third kappa shape index (κ3) is 3.43. The molecule has 2 aliphatic heterocycles. The number of β-amino-alcohol motifs (C(OH)–C–C–N with tert-alkyl or cyclic N) is 1. The molecule has 2 saturated heterocycles. The molecule has 2 aliphatic rings. The fourth-order valence-corrected chi connectivity index (χ4v) is 3.10. The summed E-state index contributed by atoms with van der Waals surface area (Å²) in [6.45, 7) is 4.69. The Bertz CT molecular complexity index is 472. The predicted molar refractivity (Wildman–Crippen MR) is 78.8 cm³/mol. The minimum atomic E-state index is -0.450. The fraction of sp³-hybridized carbons (Fsp3) is 0.562. The van der Waals surface area contributed by atoms with E-state index in [0.717, 1.165) is 38.2 Å². The van der Waals surface area contributed by atoms with Gasteiger partial charge < -0.3 is 9.84 Å². The standard InChI is InChI=1S/C16H22N2O3/c19-15(13-4-2-1-3-5-13)12-17-7-9-18(10-8-17)14-6-11-21-16(14)20/h1-5,14-15,19H,6-12H2. The number of benzene rings is 1. The molecule has 0 bridgehead atoms. The number of carbonyl (C=O) groups excluding carboxylic acids is 1. The van der Waals surface area contributed by atoms with Crippen LogP contribution in [0.3, 0.4) is 0 Å². The van der Waals surface area contributed by atoms with E-state index in [1.54, 1.807) is 0 Å². The predicted octanol–water partition coefficient (Wildman–Crippen LogP) is 0.653. The number of aliphatic hydroxyl groups is 1. The van der Waals surface area contributed by atoms with Gasteiger partial charge in [-0.15, -0.1) is 0 Å². The first-order valence-electron chi connectivity index (χ1n) is 7.60. The molecule has 0 aliphatic carbocycles. The Morgan fingerprint density at radius 1 is 1.19 bits per heavy atom. The molecule has 114 valence electrons. The van der Waals surface area contributed by atoms with Gasteiger partial charge in [0.05, 0.1) is 12.7 Å². The van der Waals surface area contributed by atoms with Crippen molar-refractivity contribution in [1.82, 2.24) is 9.80 Å². The van der Waals surface area contributed by atoms with E-state index in [1.165, 1.54) is 0 Å². The van der Waals surface area contributed by atoms with E-state index in [2.05, 4.69) is 9.80 Å². The molecule has 0 radical (unpaired) electrons. The maximum absolute atomic E-state index is 11.6. The number of esters is 1. The van der Waals surface area contributed by atoms with Crippen molar-refractivity contribution < 1.29 is 14.6 Å². The van der Waals surface area contributed by atoms with Crippen LogP contribution in [0.4, 0.5) is 0 Å². The van der Waals surface area contributed by atoms with Crippen molar-refractivity contribution in [2.75, 3.05) is 39.3 Å². The van der Waals surface area contributed by atoms with Gasteiger partial charge in [-0.05, 0) is 5.56 Å². The molecular formula is C16H22N2O3. The van der Waals surface area contributed by atoms with E-state index in [9.17, 15) is 9.90 Å². The van der Waals surface area contributed by atoms with Gasteiger partial charge in [-0.1, -0.05) is 30.3 Å². The summed E-state index contributed by atoms with van der Waals surface area (Å²) in [6, 6.07) is 9.71. The third-order valence-electron chi connectivity index (χ3n) is 4.37. The number of ether oxygens (including phenoxy) is 1. The number of aliphatic hydroxyl groups excluding tert-OH is 1. The van der Waals surface area contributed by atoms with Crippen molar-refractivity contribution in [2.45, 2.75) is 18.6 Å². The number of carbonyl (C=O) groups is 1. The molecule has 2 atom stereocenters. The molecule has 2 unspecified atom stereocenters. The Labute approximate surface area is 125 Å². The molecule has 0 aromatic heterocycles. The highest BCUT2D eigenvalue weighted by molar-refractivity contribution is 5.77. The number of hydrogen-bond acceptors (Lipinski definition) is 5. The Morgan fingerprint density at radius 3 is 2.52 bits per heavy atom. The highest BCUT2D eigenvalue weighted by Crippen LogP contribution is 2.18. The third-order valence-corrected chi connectivity index (χ3v) is 4.37. The van der Waals surface area contributed by atoms with Gasteiger partial charge >= 0.3 is 5.97 Å². The van der Waals surface area contributed by atoms with Gasteiger partial charge in [0.2, 0.25) is 0 Å². The van der Waals surface area contributed by atoms with Crippen molar-refractivity contribution >= 4 is 5.97 Å². The average Bonchev–Trinajstić information content (AvgIpc) is 2.95. The highest BCUT2D eigenvalue weighted by Gasteiger charge is 2.34. The topological polar surface area (TPSA) is 53.0 Å². The second kappa shape index (κ2) is 6.56.